The number of benzene rings is 2. The number of nitrogens with one attached hydrogen (secondary N) is 3. The quantitative estimate of drug-likeness (QED) is 0.0861. The zero-order valence-corrected chi connectivity index (χ0v) is 42.8. The van der Waals surface area contributed by atoms with Crippen molar-refractivity contribution in [3.05, 3.63) is 107 Å². The van der Waals surface area contributed by atoms with E-state index < -0.39 is 17.7 Å². The molecule has 5 aliphatic rings. The fourth-order valence-corrected chi connectivity index (χ4v) is 12.1. The Morgan fingerprint density at radius 1 is 0.875 bits per heavy atom. The van der Waals surface area contributed by atoms with Crippen molar-refractivity contribution in [2.75, 3.05) is 41.7 Å². The number of imide groups is 1. The largest absolute Gasteiger partial charge is 0.444 e. The molecule has 2 unspecified atom stereocenters. The standard InChI is InChI=1S/C59H72N8O5/c1-37-30-52-50(48(20-25-61-52)45-14-18-55(62-36-45)64-58(71)72-59(3,4)5)34-49(37)38(2)66-28-23-43(24-29-66)42-10-12-44(13-11-42)54(68)32-40-8-6-39(7-9-40)31-41-21-26-67(27-22-41)53-17-15-47(33-46(53)35-60)63-51-16-19-56(69)65-57(51)70/h10-15,17-18,20,25,33-34,36-41,43,51,63H,6-9,16,19,21-24,26-32H2,1-5H3,(H,62,64,71)(H,65,69,70)/t37?,38-,39?,40?,51?/m0/s1. The number of piperidine rings is 3. The first-order valence-corrected chi connectivity index (χ1v) is 26.6. The summed E-state index contributed by atoms with van der Waals surface area (Å²) < 4.78 is 5.39. The van der Waals surface area contributed by atoms with Gasteiger partial charge in [-0.2, -0.15) is 5.26 Å². The molecule has 3 aliphatic heterocycles. The molecule has 1 saturated carbocycles. The molecule has 3 N–H and O–H groups in total. The number of aromatic nitrogens is 2. The molecule has 13 nitrogen and oxygen atoms in total. The number of carbonyl (C=O) groups is 4. The summed E-state index contributed by atoms with van der Waals surface area (Å²) in [4.78, 5) is 64.0. The van der Waals surface area contributed by atoms with Crippen molar-refractivity contribution in [2.24, 2.45) is 23.7 Å². The zero-order valence-electron chi connectivity index (χ0n) is 42.8. The van der Waals surface area contributed by atoms with Gasteiger partial charge in [0.05, 0.1) is 11.3 Å². The van der Waals surface area contributed by atoms with Gasteiger partial charge in [0.25, 0.3) is 0 Å². The van der Waals surface area contributed by atoms with Crippen LogP contribution in [0.5, 0.6) is 0 Å². The third-order valence-corrected chi connectivity index (χ3v) is 16.2. The molecule has 3 saturated heterocycles. The van der Waals surface area contributed by atoms with Gasteiger partial charge in [-0.3, -0.25) is 34.9 Å². The van der Waals surface area contributed by atoms with Crippen molar-refractivity contribution in [3.63, 3.8) is 0 Å². The number of fused-ring (bicyclic) bond motifs is 1. The van der Waals surface area contributed by atoms with Gasteiger partial charge in [0.1, 0.15) is 23.5 Å². The number of amides is 3. The van der Waals surface area contributed by atoms with E-state index in [9.17, 15) is 24.4 Å². The first-order valence-electron chi connectivity index (χ1n) is 26.6. The summed E-state index contributed by atoms with van der Waals surface area (Å²) in [6.45, 7) is 14.1. The SMILES string of the molecule is CC1Cc2nccc(-c3ccc(NC(=O)OC(C)(C)C)nc3)c2C=C1[C@H](C)N1CCC(c2ccc(C(=O)CC3CCC(CC4CCN(c5ccc(NC6CCC(=O)NC6=O)cc5C#N)CC4)CC3)cc2)CC1. The Bertz CT molecular complexity index is 2680. The van der Waals surface area contributed by atoms with E-state index in [1.165, 1.54) is 30.4 Å². The fourth-order valence-electron chi connectivity index (χ4n) is 12.1. The van der Waals surface area contributed by atoms with Crippen LogP contribution in [0, 0.1) is 35.0 Å². The van der Waals surface area contributed by atoms with Gasteiger partial charge in [-0.15, -0.1) is 0 Å². The van der Waals surface area contributed by atoms with Gasteiger partial charge in [0.15, 0.2) is 5.78 Å². The Kier molecular flexibility index (Phi) is 15.6. The molecule has 2 aromatic carbocycles. The molecule has 0 bridgehead atoms. The second-order valence-corrected chi connectivity index (χ2v) is 22.3. The molecule has 0 radical (unpaired) electrons. The van der Waals surface area contributed by atoms with Crippen molar-refractivity contribution < 1.29 is 23.9 Å². The fraction of sp³-hybridized carbons (Fsp3) is 0.508. The normalized spacial score (nSPS) is 22.7. The number of Topliss-reactive ketones (excluding diaryl/α,β-unsaturated/α-hetero) is 1. The van der Waals surface area contributed by atoms with Crippen LogP contribution in [-0.4, -0.2) is 82.4 Å². The molecule has 72 heavy (non-hydrogen) atoms. The Morgan fingerprint density at radius 2 is 1.60 bits per heavy atom. The van der Waals surface area contributed by atoms with Crippen molar-refractivity contribution in [1.82, 2.24) is 20.2 Å². The third kappa shape index (κ3) is 12.3. The van der Waals surface area contributed by atoms with Gasteiger partial charge < -0.3 is 15.0 Å². The molecular formula is C59H72N8O5. The predicted octanol–water partition coefficient (Wildman–Crippen LogP) is 11.1. The molecule has 13 heteroatoms. The summed E-state index contributed by atoms with van der Waals surface area (Å²) in [6.07, 6.45) is 18.1. The summed E-state index contributed by atoms with van der Waals surface area (Å²) in [5.41, 5.74) is 9.58. The van der Waals surface area contributed by atoms with Gasteiger partial charge in [-0.1, -0.05) is 50.1 Å². The summed E-state index contributed by atoms with van der Waals surface area (Å²) in [5.74, 6) is 2.84. The van der Waals surface area contributed by atoms with E-state index >= 15 is 0 Å². The maximum Gasteiger partial charge on any atom is 0.413 e. The minimum atomic E-state index is -0.592. The number of anilines is 3. The number of pyridine rings is 2. The van der Waals surface area contributed by atoms with Crippen LogP contribution in [0.3, 0.4) is 0 Å². The van der Waals surface area contributed by atoms with E-state index in [2.05, 4.69) is 87.1 Å². The van der Waals surface area contributed by atoms with Crippen molar-refractivity contribution in [3.8, 4) is 17.2 Å². The van der Waals surface area contributed by atoms with Crippen LogP contribution in [0.2, 0.25) is 0 Å². The minimum Gasteiger partial charge on any atom is -0.444 e. The van der Waals surface area contributed by atoms with Crippen LogP contribution >= 0.6 is 0 Å². The molecular weight excluding hydrogens is 901 g/mol. The highest BCUT2D eigenvalue weighted by Gasteiger charge is 2.33. The number of nitriles is 1. The lowest BCUT2D eigenvalue weighted by molar-refractivity contribution is -0.133. The van der Waals surface area contributed by atoms with Crippen LogP contribution in [0.1, 0.15) is 150 Å². The number of likely N-dealkylation sites (tertiary alicyclic amines) is 1. The van der Waals surface area contributed by atoms with Crippen molar-refractivity contribution in [1.29, 1.82) is 5.26 Å². The van der Waals surface area contributed by atoms with Crippen LogP contribution < -0.4 is 20.9 Å². The van der Waals surface area contributed by atoms with E-state index in [0.29, 0.717) is 72.0 Å². The monoisotopic (exact) mass is 973 g/mol. The first kappa shape index (κ1) is 50.5. The Labute approximate surface area is 425 Å². The first-order chi connectivity index (χ1) is 34.7. The van der Waals surface area contributed by atoms with Gasteiger partial charge in [-0.25, -0.2) is 9.78 Å². The number of ketones is 1. The molecule has 2 aromatic heterocycles. The molecule has 5 heterocycles. The highest BCUT2D eigenvalue weighted by atomic mass is 16.6. The second-order valence-electron chi connectivity index (χ2n) is 22.3. The van der Waals surface area contributed by atoms with Crippen LogP contribution in [-0.2, 0) is 20.7 Å². The van der Waals surface area contributed by atoms with E-state index in [4.69, 9.17) is 9.72 Å². The van der Waals surface area contributed by atoms with Gasteiger partial charge in [0, 0.05) is 72.4 Å². The molecule has 3 atom stereocenters. The minimum absolute atomic E-state index is 0.246. The lowest BCUT2D eigenvalue weighted by atomic mass is 9.75. The number of nitrogens with zero attached hydrogens (tertiary/aromatic N) is 5. The number of rotatable bonds is 13. The Hall–Kier alpha value is -6.39. The van der Waals surface area contributed by atoms with Gasteiger partial charge in [0.2, 0.25) is 11.8 Å². The highest BCUT2D eigenvalue weighted by molar-refractivity contribution is 6.01. The van der Waals surface area contributed by atoms with Crippen LogP contribution in [0.4, 0.5) is 22.0 Å². The molecule has 4 aromatic rings. The van der Waals surface area contributed by atoms with E-state index in [-0.39, 0.29) is 17.6 Å². The Morgan fingerprint density at radius 3 is 2.28 bits per heavy atom. The molecule has 9 rings (SSSR count). The molecule has 3 amide bonds. The highest BCUT2D eigenvalue weighted by Crippen LogP contribution is 2.40. The zero-order chi connectivity index (χ0) is 50.5. The summed E-state index contributed by atoms with van der Waals surface area (Å²) >= 11 is 0. The van der Waals surface area contributed by atoms with Crippen LogP contribution in [0.25, 0.3) is 17.2 Å². The maximum atomic E-state index is 13.6. The van der Waals surface area contributed by atoms with E-state index in [1.54, 1.807) is 6.20 Å². The molecule has 4 fully saturated rings. The number of carbonyl (C=O) groups excluding carboxylic acids is 4. The lowest BCUT2D eigenvalue weighted by Crippen LogP contribution is -2.47. The summed E-state index contributed by atoms with van der Waals surface area (Å²) in [7, 11) is 0. The van der Waals surface area contributed by atoms with Crippen molar-refractivity contribution in [2.45, 2.75) is 142 Å². The molecule has 2 aliphatic carbocycles. The average molecular weight is 973 g/mol. The smallest absolute Gasteiger partial charge is 0.413 e. The lowest BCUT2D eigenvalue weighted by Gasteiger charge is -2.39. The Balaban J connectivity index is 0.706. The number of hydrogen-bond acceptors (Lipinski definition) is 11. The maximum absolute atomic E-state index is 13.6. The second kappa shape index (κ2) is 22.2. The van der Waals surface area contributed by atoms with Crippen molar-refractivity contribution >= 4 is 47.0 Å². The molecule has 378 valence electrons. The van der Waals surface area contributed by atoms with Gasteiger partial charge >= 0.3 is 6.09 Å². The average Bonchev–Trinajstić information content (AvgIpc) is 3.37. The van der Waals surface area contributed by atoms with Crippen LogP contribution in [0.15, 0.2) is 78.6 Å². The van der Waals surface area contributed by atoms with E-state index in [0.717, 1.165) is 105 Å². The summed E-state index contributed by atoms with van der Waals surface area (Å²) in [5, 5.41) is 18.3. The summed E-state index contributed by atoms with van der Waals surface area (Å²) in [6, 6.07) is 22.3. The topological polar surface area (TPSA) is 170 Å². The number of ether oxygens (including phenoxy) is 1. The number of hydrogen-bond donors (Lipinski definition) is 3. The van der Waals surface area contributed by atoms with E-state index in [1.807, 2.05) is 57.3 Å². The molecule has 0 spiro atoms. The van der Waals surface area contributed by atoms with Gasteiger partial charge in [-0.05, 0) is 181 Å². The predicted molar refractivity (Wildman–Crippen MR) is 283 cm³/mol. The third-order valence-electron chi connectivity index (χ3n) is 16.2.